The Kier molecular flexibility index (Phi) is 3.41. The van der Waals surface area contributed by atoms with Crippen LogP contribution in [0.25, 0.3) is 11.0 Å². The molecular weight excluding hydrogens is 286 g/mol. The lowest BCUT2D eigenvalue weighted by atomic mass is 9.91. The van der Waals surface area contributed by atoms with Crippen LogP contribution >= 0.6 is 0 Å². The molecular formula is C16H17NO5. The summed E-state index contributed by atoms with van der Waals surface area (Å²) in [5.41, 5.74) is -0.0957. The van der Waals surface area contributed by atoms with Crippen LogP contribution in [0.15, 0.2) is 28.7 Å². The summed E-state index contributed by atoms with van der Waals surface area (Å²) < 4.78 is 5.64. The highest BCUT2D eigenvalue weighted by Crippen LogP contribution is 2.27. The number of aliphatic hydroxyl groups is 1. The van der Waals surface area contributed by atoms with Crippen LogP contribution < -0.4 is 0 Å². The van der Waals surface area contributed by atoms with E-state index in [0.29, 0.717) is 5.58 Å². The van der Waals surface area contributed by atoms with Crippen molar-refractivity contribution in [2.75, 3.05) is 13.1 Å². The Morgan fingerprint density at radius 1 is 1.27 bits per heavy atom. The number of likely N-dealkylation sites (tertiary alicyclic amines) is 1. The van der Waals surface area contributed by atoms with E-state index in [1.165, 1.54) is 4.90 Å². The van der Waals surface area contributed by atoms with Crippen molar-refractivity contribution in [3.05, 3.63) is 35.6 Å². The van der Waals surface area contributed by atoms with Gasteiger partial charge >= 0.3 is 5.97 Å². The van der Waals surface area contributed by atoms with Crippen molar-refractivity contribution in [1.82, 2.24) is 4.90 Å². The fraction of sp³-hybridized carbons (Fsp3) is 0.375. The predicted molar refractivity (Wildman–Crippen MR) is 78.7 cm³/mol. The minimum absolute atomic E-state index is 0.0212. The topological polar surface area (TPSA) is 91.0 Å². The van der Waals surface area contributed by atoms with Crippen molar-refractivity contribution in [3.8, 4) is 0 Å². The summed E-state index contributed by atoms with van der Waals surface area (Å²) in [4.78, 5) is 25.0. The van der Waals surface area contributed by atoms with Crippen LogP contribution in [0.3, 0.4) is 0 Å². The quantitative estimate of drug-likeness (QED) is 0.882. The lowest BCUT2D eigenvalue weighted by Gasteiger charge is -2.34. The molecule has 1 aliphatic heterocycles. The summed E-state index contributed by atoms with van der Waals surface area (Å²) in [5.74, 6) is -1.27. The molecule has 0 bridgehead atoms. The number of carboxylic acid groups (broad SMARTS) is 1. The number of aryl methyl sites for hydroxylation is 1. The molecule has 1 aliphatic rings. The van der Waals surface area contributed by atoms with E-state index < -0.39 is 11.6 Å². The number of rotatable bonds is 2. The molecule has 0 radical (unpaired) electrons. The SMILES string of the molecule is Cc1cccc2cc(C(=O)N3CCC(O)(C(=O)O)CC3)oc12. The molecule has 1 fully saturated rings. The van der Waals surface area contributed by atoms with Gasteiger partial charge in [0, 0.05) is 31.3 Å². The molecule has 1 saturated heterocycles. The highest BCUT2D eigenvalue weighted by Gasteiger charge is 2.40. The van der Waals surface area contributed by atoms with E-state index in [0.717, 1.165) is 10.9 Å². The van der Waals surface area contributed by atoms with Gasteiger partial charge in [0.15, 0.2) is 11.4 Å². The Hall–Kier alpha value is -2.34. The maximum Gasteiger partial charge on any atom is 0.335 e. The van der Waals surface area contributed by atoms with Crippen molar-refractivity contribution in [1.29, 1.82) is 0 Å². The fourth-order valence-corrected chi connectivity index (χ4v) is 2.76. The number of fused-ring (bicyclic) bond motifs is 1. The Bertz CT molecular complexity index is 740. The van der Waals surface area contributed by atoms with Gasteiger partial charge in [-0.05, 0) is 18.6 Å². The van der Waals surface area contributed by atoms with Crippen LogP contribution in [0.2, 0.25) is 0 Å². The van der Waals surface area contributed by atoms with E-state index in [1.54, 1.807) is 6.07 Å². The van der Waals surface area contributed by atoms with Crippen molar-refractivity contribution >= 4 is 22.8 Å². The molecule has 0 atom stereocenters. The van der Waals surface area contributed by atoms with Gasteiger partial charge < -0.3 is 19.5 Å². The summed E-state index contributed by atoms with van der Waals surface area (Å²) in [7, 11) is 0. The average Bonchev–Trinajstić information content (AvgIpc) is 2.93. The van der Waals surface area contributed by atoms with Crippen molar-refractivity contribution in [2.45, 2.75) is 25.4 Å². The third kappa shape index (κ3) is 2.35. The Morgan fingerprint density at radius 3 is 2.55 bits per heavy atom. The first-order chi connectivity index (χ1) is 10.4. The zero-order valence-corrected chi connectivity index (χ0v) is 12.2. The Balaban J connectivity index is 1.79. The van der Waals surface area contributed by atoms with E-state index in [2.05, 4.69) is 0 Å². The summed E-state index contributed by atoms with van der Waals surface area (Å²) >= 11 is 0. The fourth-order valence-electron chi connectivity index (χ4n) is 2.76. The smallest absolute Gasteiger partial charge is 0.335 e. The molecule has 22 heavy (non-hydrogen) atoms. The first-order valence-electron chi connectivity index (χ1n) is 7.15. The van der Waals surface area contributed by atoms with Crippen LogP contribution in [0.4, 0.5) is 0 Å². The van der Waals surface area contributed by atoms with Gasteiger partial charge in [-0.15, -0.1) is 0 Å². The van der Waals surface area contributed by atoms with Gasteiger partial charge in [0.1, 0.15) is 5.58 Å². The number of aliphatic carboxylic acids is 1. The number of amides is 1. The first kappa shape index (κ1) is 14.6. The molecule has 1 amide bonds. The van der Waals surface area contributed by atoms with Crippen LogP contribution in [-0.4, -0.2) is 45.7 Å². The molecule has 1 aromatic heterocycles. The van der Waals surface area contributed by atoms with Crippen molar-refractivity contribution < 1.29 is 24.2 Å². The molecule has 0 saturated carbocycles. The van der Waals surface area contributed by atoms with Gasteiger partial charge in [0.25, 0.3) is 5.91 Å². The Morgan fingerprint density at radius 2 is 1.95 bits per heavy atom. The van der Waals surface area contributed by atoms with E-state index in [-0.39, 0.29) is 37.6 Å². The summed E-state index contributed by atoms with van der Waals surface area (Å²) in [6.07, 6.45) is 0.0423. The number of hydrogen-bond donors (Lipinski definition) is 2. The van der Waals surface area contributed by atoms with Gasteiger partial charge in [-0.3, -0.25) is 4.79 Å². The van der Waals surface area contributed by atoms with E-state index in [1.807, 2.05) is 25.1 Å². The van der Waals surface area contributed by atoms with E-state index in [9.17, 15) is 14.7 Å². The second-order valence-electron chi connectivity index (χ2n) is 5.73. The highest BCUT2D eigenvalue weighted by molar-refractivity contribution is 5.96. The molecule has 6 nitrogen and oxygen atoms in total. The summed E-state index contributed by atoms with van der Waals surface area (Å²) in [6.45, 7) is 2.29. The molecule has 116 valence electrons. The van der Waals surface area contributed by atoms with Crippen LogP contribution in [0, 0.1) is 6.92 Å². The zero-order chi connectivity index (χ0) is 15.9. The minimum atomic E-state index is -1.73. The number of benzene rings is 1. The van der Waals surface area contributed by atoms with Gasteiger partial charge in [-0.1, -0.05) is 18.2 Å². The molecule has 6 heteroatoms. The second-order valence-corrected chi connectivity index (χ2v) is 5.73. The zero-order valence-electron chi connectivity index (χ0n) is 12.2. The van der Waals surface area contributed by atoms with Crippen molar-refractivity contribution in [3.63, 3.8) is 0 Å². The van der Waals surface area contributed by atoms with Crippen LogP contribution in [-0.2, 0) is 4.79 Å². The standard InChI is InChI=1S/C16H17NO5/c1-10-3-2-4-11-9-12(22-13(10)11)14(18)17-7-5-16(21,6-8-17)15(19)20/h2-4,9,21H,5-8H2,1H3,(H,19,20). The minimum Gasteiger partial charge on any atom is -0.479 e. The molecule has 0 aliphatic carbocycles. The van der Waals surface area contributed by atoms with Crippen molar-refractivity contribution in [2.24, 2.45) is 0 Å². The third-order valence-corrected chi connectivity index (χ3v) is 4.23. The molecule has 2 N–H and O–H groups in total. The number of hydrogen-bond acceptors (Lipinski definition) is 4. The van der Waals surface area contributed by atoms with Gasteiger partial charge in [0.2, 0.25) is 0 Å². The first-order valence-corrected chi connectivity index (χ1v) is 7.15. The molecule has 3 rings (SSSR count). The highest BCUT2D eigenvalue weighted by atomic mass is 16.4. The van der Waals surface area contributed by atoms with Crippen LogP contribution in [0.1, 0.15) is 29.0 Å². The number of nitrogens with zero attached hydrogens (tertiary/aromatic N) is 1. The summed E-state index contributed by atoms with van der Waals surface area (Å²) in [6, 6.07) is 7.38. The van der Waals surface area contributed by atoms with Crippen LogP contribution in [0.5, 0.6) is 0 Å². The number of furan rings is 1. The monoisotopic (exact) mass is 303 g/mol. The second kappa shape index (κ2) is 5.14. The molecule has 2 heterocycles. The maximum absolute atomic E-state index is 12.5. The van der Waals surface area contributed by atoms with Gasteiger partial charge in [-0.25, -0.2) is 4.79 Å². The third-order valence-electron chi connectivity index (χ3n) is 4.23. The molecule has 1 aromatic carbocycles. The normalized spacial score (nSPS) is 17.6. The lowest BCUT2D eigenvalue weighted by Crippen LogP contribution is -2.50. The number of para-hydroxylation sites is 1. The number of carboxylic acids is 1. The van der Waals surface area contributed by atoms with E-state index >= 15 is 0 Å². The molecule has 0 unspecified atom stereocenters. The van der Waals surface area contributed by atoms with Gasteiger partial charge in [-0.2, -0.15) is 0 Å². The van der Waals surface area contributed by atoms with E-state index in [4.69, 9.17) is 9.52 Å². The average molecular weight is 303 g/mol. The number of piperidine rings is 1. The molecule has 2 aromatic rings. The summed E-state index contributed by atoms with van der Waals surface area (Å²) in [5, 5.41) is 19.8. The maximum atomic E-state index is 12.5. The number of carbonyl (C=O) groups excluding carboxylic acids is 1. The Labute approximate surface area is 126 Å². The largest absolute Gasteiger partial charge is 0.479 e. The number of carbonyl (C=O) groups is 2. The van der Waals surface area contributed by atoms with Gasteiger partial charge in [0.05, 0.1) is 0 Å². The molecule has 0 spiro atoms. The lowest BCUT2D eigenvalue weighted by molar-refractivity contribution is -0.162. The predicted octanol–water partition coefficient (Wildman–Crippen LogP) is 1.79.